The zero-order chi connectivity index (χ0) is 13.1. The van der Waals surface area contributed by atoms with E-state index >= 15 is 0 Å². The molecular weight excluding hydrogens is 224 g/mol. The standard InChI is InChI=1S/C15H22N2O/c1-12-4-6-13(7-5-12)15(18)11-17-9-8-14(10-17)16(2)3/h4-7,14H,8-11H2,1-3H3. The van der Waals surface area contributed by atoms with Crippen LogP contribution in [-0.2, 0) is 0 Å². The molecule has 1 unspecified atom stereocenters. The lowest BCUT2D eigenvalue weighted by Crippen LogP contribution is -2.33. The van der Waals surface area contributed by atoms with Gasteiger partial charge in [-0.2, -0.15) is 0 Å². The normalized spacial score (nSPS) is 20.6. The van der Waals surface area contributed by atoms with Gasteiger partial charge in [-0.25, -0.2) is 0 Å². The lowest BCUT2D eigenvalue weighted by atomic mass is 10.1. The Morgan fingerprint density at radius 1 is 1.33 bits per heavy atom. The number of hydrogen-bond acceptors (Lipinski definition) is 3. The van der Waals surface area contributed by atoms with Crippen molar-refractivity contribution in [3.8, 4) is 0 Å². The molecule has 3 heteroatoms. The Labute approximate surface area is 109 Å². The summed E-state index contributed by atoms with van der Waals surface area (Å²) in [5, 5.41) is 0. The Morgan fingerprint density at radius 2 is 2.00 bits per heavy atom. The van der Waals surface area contributed by atoms with Gasteiger partial charge in [-0.1, -0.05) is 29.8 Å². The molecule has 1 aromatic carbocycles. The number of Topliss-reactive ketones (excluding diaryl/α,β-unsaturated/α-hetero) is 1. The van der Waals surface area contributed by atoms with Gasteiger partial charge in [0.1, 0.15) is 0 Å². The molecule has 98 valence electrons. The van der Waals surface area contributed by atoms with E-state index in [-0.39, 0.29) is 5.78 Å². The van der Waals surface area contributed by atoms with Crippen molar-refractivity contribution in [3.05, 3.63) is 35.4 Å². The van der Waals surface area contributed by atoms with Crippen LogP contribution in [-0.4, -0.2) is 55.4 Å². The van der Waals surface area contributed by atoms with Crippen LogP contribution < -0.4 is 0 Å². The summed E-state index contributed by atoms with van der Waals surface area (Å²) in [4.78, 5) is 16.6. The van der Waals surface area contributed by atoms with E-state index in [1.54, 1.807) is 0 Å². The molecular formula is C15H22N2O. The van der Waals surface area contributed by atoms with Gasteiger partial charge >= 0.3 is 0 Å². The number of likely N-dealkylation sites (N-methyl/N-ethyl adjacent to an activating group) is 1. The minimum atomic E-state index is 0.231. The first kappa shape index (κ1) is 13.2. The highest BCUT2D eigenvalue weighted by atomic mass is 16.1. The minimum absolute atomic E-state index is 0.231. The van der Waals surface area contributed by atoms with E-state index in [0.29, 0.717) is 12.6 Å². The third kappa shape index (κ3) is 3.18. The quantitative estimate of drug-likeness (QED) is 0.757. The molecule has 0 saturated carbocycles. The van der Waals surface area contributed by atoms with Gasteiger partial charge in [-0.05, 0) is 27.4 Å². The number of rotatable bonds is 4. The van der Waals surface area contributed by atoms with Crippen LogP contribution in [0.3, 0.4) is 0 Å². The molecule has 0 aromatic heterocycles. The average Bonchev–Trinajstić information content (AvgIpc) is 2.78. The zero-order valence-electron chi connectivity index (χ0n) is 11.5. The van der Waals surface area contributed by atoms with Crippen molar-refractivity contribution in [2.24, 2.45) is 0 Å². The van der Waals surface area contributed by atoms with Crippen LogP contribution >= 0.6 is 0 Å². The third-order valence-corrected chi connectivity index (χ3v) is 3.72. The Bertz CT molecular complexity index is 411. The number of benzene rings is 1. The summed E-state index contributed by atoms with van der Waals surface area (Å²) in [6.45, 7) is 4.62. The number of nitrogens with zero attached hydrogens (tertiary/aromatic N) is 2. The molecule has 1 atom stereocenters. The maximum atomic E-state index is 12.1. The van der Waals surface area contributed by atoms with Crippen molar-refractivity contribution < 1.29 is 4.79 Å². The van der Waals surface area contributed by atoms with E-state index in [9.17, 15) is 4.79 Å². The summed E-state index contributed by atoms with van der Waals surface area (Å²) in [7, 11) is 4.21. The summed E-state index contributed by atoms with van der Waals surface area (Å²) < 4.78 is 0. The second kappa shape index (κ2) is 5.63. The number of hydrogen-bond donors (Lipinski definition) is 0. The van der Waals surface area contributed by atoms with Crippen LogP contribution in [0.1, 0.15) is 22.3 Å². The Balaban J connectivity index is 1.91. The van der Waals surface area contributed by atoms with Gasteiger partial charge in [0.05, 0.1) is 6.54 Å². The summed E-state index contributed by atoms with van der Waals surface area (Å²) in [6, 6.07) is 8.45. The van der Waals surface area contributed by atoms with E-state index < -0.39 is 0 Å². The fraction of sp³-hybridized carbons (Fsp3) is 0.533. The molecule has 0 radical (unpaired) electrons. The highest BCUT2D eigenvalue weighted by molar-refractivity contribution is 5.97. The van der Waals surface area contributed by atoms with Gasteiger partial charge in [0.15, 0.2) is 5.78 Å². The SMILES string of the molecule is Cc1ccc(C(=O)CN2CCC(N(C)C)C2)cc1. The maximum absolute atomic E-state index is 12.1. The molecule has 1 aromatic rings. The maximum Gasteiger partial charge on any atom is 0.176 e. The van der Waals surface area contributed by atoms with Gasteiger partial charge in [0.25, 0.3) is 0 Å². The van der Waals surface area contributed by atoms with Crippen LogP contribution in [0, 0.1) is 6.92 Å². The van der Waals surface area contributed by atoms with Crippen LogP contribution in [0.15, 0.2) is 24.3 Å². The molecule has 18 heavy (non-hydrogen) atoms. The molecule has 0 N–H and O–H groups in total. The van der Waals surface area contributed by atoms with Crippen molar-refractivity contribution in [1.82, 2.24) is 9.80 Å². The molecule has 1 aliphatic heterocycles. The lowest BCUT2D eigenvalue weighted by molar-refractivity contribution is 0.0941. The number of aryl methyl sites for hydroxylation is 1. The molecule has 0 bridgehead atoms. The number of ketones is 1. The fourth-order valence-electron chi connectivity index (χ4n) is 2.41. The highest BCUT2D eigenvalue weighted by Crippen LogP contribution is 2.14. The molecule has 0 spiro atoms. The lowest BCUT2D eigenvalue weighted by Gasteiger charge is -2.19. The summed E-state index contributed by atoms with van der Waals surface area (Å²) in [5.74, 6) is 0.231. The van der Waals surface area contributed by atoms with Crippen molar-refractivity contribution in [1.29, 1.82) is 0 Å². The predicted octanol–water partition coefficient (Wildman–Crippen LogP) is 1.81. The van der Waals surface area contributed by atoms with Gasteiger partial charge in [0.2, 0.25) is 0 Å². The van der Waals surface area contributed by atoms with Gasteiger partial charge in [-0.15, -0.1) is 0 Å². The first-order valence-corrected chi connectivity index (χ1v) is 6.55. The number of likely N-dealkylation sites (tertiary alicyclic amines) is 1. The third-order valence-electron chi connectivity index (χ3n) is 3.72. The molecule has 0 aliphatic carbocycles. The monoisotopic (exact) mass is 246 g/mol. The Hall–Kier alpha value is -1.19. The fourth-order valence-corrected chi connectivity index (χ4v) is 2.41. The molecule has 1 saturated heterocycles. The molecule has 1 heterocycles. The second-order valence-electron chi connectivity index (χ2n) is 5.43. The molecule has 3 nitrogen and oxygen atoms in total. The van der Waals surface area contributed by atoms with Crippen LogP contribution in [0.5, 0.6) is 0 Å². The molecule has 1 fully saturated rings. The van der Waals surface area contributed by atoms with Crippen molar-refractivity contribution >= 4 is 5.78 Å². The van der Waals surface area contributed by atoms with Crippen molar-refractivity contribution in [3.63, 3.8) is 0 Å². The first-order chi connectivity index (χ1) is 8.56. The molecule has 0 amide bonds. The van der Waals surface area contributed by atoms with Crippen molar-refractivity contribution in [2.75, 3.05) is 33.7 Å². The highest BCUT2D eigenvalue weighted by Gasteiger charge is 2.25. The summed E-state index contributed by atoms with van der Waals surface area (Å²) in [5.41, 5.74) is 2.02. The summed E-state index contributed by atoms with van der Waals surface area (Å²) >= 11 is 0. The zero-order valence-corrected chi connectivity index (χ0v) is 11.5. The predicted molar refractivity (Wildman–Crippen MR) is 74.0 cm³/mol. The van der Waals surface area contributed by atoms with Gasteiger partial charge in [-0.3, -0.25) is 9.69 Å². The smallest absolute Gasteiger partial charge is 0.176 e. The molecule has 2 rings (SSSR count). The van der Waals surface area contributed by atoms with Gasteiger partial charge in [0, 0.05) is 24.7 Å². The average molecular weight is 246 g/mol. The van der Waals surface area contributed by atoms with Crippen LogP contribution in [0.25, 0.3) is 0 Å². The van der Waals surface area contributed by atoms with E-state index in [1.807, 2.05) is 31.2 Å². The Kier molecular flexibility index (Phi) is 4.15. The van der Waals surface area contributed by atoms with Crippen molar-refractivity contribution in [2.45, 2.75) is 19.4 Å². The largest absolute Gasteiger partial charge is 0.305 e. The van der Waals surface area contributed by atoms with E-state index in [1.165, 1.54) is 5.56 Å². The minimum Gasteiger partial charge on any atom is -0.305 e. The number of carbonyl (C=O) groups excluding carboxylic acids is 1. The van der Waals surface area contributed by atoms with Crippen LogP contribution in [0.4, 0.5) is 0 Å². The van der Waals surface area contributed by atoms with Crippen LogP contribution in [0.2, 0.25) is 0 Å². The van der Waals surface area contributed by atoms with E-state index in [2.05, 4.69) is 23.9 Å². The topological polar surface area (TPSA) is 23.6 Å². The first-order valence-electron chi connectivity index (χ1n) is 6.55. The molecule has 1 aliphatic rings. The second-order valence-corrected chi connectivity index (χ2v) is 5.43. The number of carbonyl (C=O) groups is 1. The Morgan fingerprint density at radius 3 is 2.56 bits per heavy atom. The van der Waals surface area contributed by atoms with Gasteiger partial charge < -0.3 is 4.90 Å². The van der Waals surface area contributed by atoms with E-state index in [4.69, 9.17) is 0 Å². The van der Waals surface area contributed by atoms with E-state index in [0.717, 1.165) is 25.1 Å². The summed E-state index contributed by atoms with van der Waals surface area (Å²) in [6.07, 6.45) is 1.16.